The molecule has 0 heterocycles. The van der Waals surface area contributed by atoms with Gasteiger partial charge in [-0.25, -0.2) is 4.39 Å². The third-order valence-electron chi connectivity index (χ3n) is 2.38. The number of hydrogen-bond donors (Lipinski definition) is 0. The van der Waals surface area contributed by atoms with E-state index in [-0.39, 0.29) is 11.7 Å². The molecular formula is C14H11Cl2FO. The van der Waals surface area contributed by atoms with Crippen LogP contribution in [0.25, 0.3) is 0 Å². The molecule has 0 N–H and O–H groups in total. The molecule has 0 fully saturated rings. The maximum absolute atomic E-state index is 13.2. The molecule has 0 bridgehead atoms. The van der Waals surface area contributed by atoms with E-state index in [4.69, 9.17) is 27.9 Å². The van der Waals surface area contributed by atoms with Crippen LogP contribution in [0.2, 0.25) is 5.02 Å². The van der Waals surface area contributed by atoms with Gasteiger partial charge in [0.2, 0.25) is 0 Å². The fraction of sp³-hybridized carbons (Fsp3) is 0.143. The smallest absolute Gasteiger partial charge is 0.127 e. The Morgan fingerprint density at radius 2 is 1.89 bits per heavy atom. The summed E-state index contributed by atoms with van der Waals surface area (Å²) >= 11 is 11.5. The van der Waals surface area contributed by atoms with Gasteiger partial charge in [0.25, 0.3) is 0 Å². The van der Waals surface area contributed by atoms with Gasteiger partial charge in [-0.2, -0.15) is 0 Å². The molecule has 2 aromatic carbocycles. The van der Waals surface area contributed by atoms with Crippen LogP contribution in [0.5, 0.6) is 5.75 Å². The second-order valence-corrected chi connectivity index (χ2v) is 4.55. The number of rotatable bonds is 4. The van der Waals surface area contributed by atoms with E-state index in [0.717, 1.165) is 5.56 Å². The molecule has 0 saturated carbocycles. The van der Waals surface area contributed by atoms with E-state index >= 15 is 0 Å². The number of halogens is 3. The van der Waals surface area contributed by atoms with E-state index < -0.39 is 0 Å². The number of alkyl halides is 1. The second kappa shape index (κ2) is 6.07. The lowest BCUT2D eigenvalue weighted by Gasteiger charge is -2.08. The first-order chi connectivity index (χ1) is 8.67. The number of benzene rings is 2. The van der Waals surface area contributed by atoms with Crippen LogP contribution in [-0.4, -0.2) is 0 Å². The molecule has 0 aliphatic heterocycles. The fourth-order valence-electron chi connectivity index (χ4n) is 1.57. The lowest BCUT2D eigenvalue weighted by atomic mass is 10.2. The lowest BCUT2D eigenvalue weighted by Crippen LogP contribution is -1.96. The minimum absolute atomic E-state index is 0.255. The molecule has 1 nitrogen and oxygen atoms in total. The summed E-state index contributed by atoms with van der Waals surface area (Å²) in [6, 6.07) is 11.8. The number of ether oxygens (including phenoxy) is 1. The average molecular weight is 285 g/mol. The predicted molar refractivity (Wildman–Crippen MR) is 71.7 cm³/mol. The molecule has 0 radical (unpaired) electrons. The highest BCUT2D eigenvalue weighted by molar-refractivity contribution is 6.30. The van der Waals surface area contributed by atoms with Crippen LogP contribution in [0.1, 0.15) is 11.1 Å². The van der Waals surface area contributed by atoms with Gasteiger partial charge in [0.05, 0.1) is 0 Å². The van der Waals surface area contributed by atoms with Gasteiger partial charge in [-0.1, -0.05) is 23.7 Å². The van der Waals surface area contributed by atoms with Gasteiger partial charge in [-0.15, -0.1) is 11.6 Å². The Bertz CT molecular complexity index is 543. The first-order valence-corrected chi connectivity index (χ1v) is 6.31. The fourth-order valence-corrected chi connectivity index (χ4v) is 1.94. The van der Waals surface area contributed by atoms with Crippen molar-refractivity contribution >= 4 is 23.2 Å². The summed E-state index contributed by atoms with van der Waals surface area (Å²) < 4.78 is 18.8. The van der Waals surface area contributed by atoms with Crippen molar-refractivity contribution in [2.75, 3.05) is 0 Å². The SMILES string of the molecule is Fc1cc(CCl)cc(OCc2cccc(Cl)c2)c1. The van der Waals surface area contributed by atoms with E-state index in [2.05, 4.69) is 0 Å². The van der Waals surface area contributed by atoms with Crippen molar-refractivity contribution in [3.05, 3.63) is 64.4 Å². The first kappa shape index (κ1) is 13.2. The summed E-state index contributed by atoms with van der Waals surface area (Å²) in [5.74, 6) is 0.366. The highest BCUT2D eigenvalue weighted by atomic mass is 35.5. The Kier molecular flexibility index (Phi) is 4.45. The van der Waals surface area contributed by atoms with Crippen LogP contribution in [0.3, 0.4) is 0 Å². The van der Waals surface area contributed by atoms with E-state index in [9.17, 15) is 4.39 Å². The van der Waals surface area contributed by atoms with Gasteiger partial charge in [0.15, 0.2) is 0 Å². The Hall–Kier alpha value is -1.25. The molecular weight excluding hydrogens is 274 g/mol. The van der Waals surface area contributed by atoms with Crippen molar-refractivity contribution in [2.45, 2.75) is 12.5 Å². The molecule has 18 heavy (non-hydrogen) atoms. The Labute approximate surface area is 115 Å². The van der Waals surface area contributed by atoms with Gasteiger partial charge < -0.3 is 4.74 Å². The minimum atomic E-state index is -0.353. The summed E-state index contributed by atoms with van der Waals surface area (Å²) in [4.78, 5) is 0. The van der Waals surface area contributed by atoms with Crippen LogP contribution in [0.15, 0.2) is 42.5 Å². The van der Waals surface area contributed by atoms with Crippen molar-refractivity contribution < 1.29 is 9.13 Å². The van der Waals surface area contributed by atoms with E-state index in [1.54, 1.807) is 12.1 Å². The first-order valence-electron chi connectivity index (χ1n) is 5.40. The van der Waals surface area contributed by atoms with Crippen LogP contribution in [0.4, 0.5) is 4.39 Å². The molecule has 0 spiro atoms. The molecule has 0 atom stereocenters. The number of hydrogen-bond acceptors (Lipinski definition) is 1. The molecule has 0 aliphatic carbocycles. The summed E-state index contributed by atoms with van der Waals surface area (Å²) in [7, 11) is 0. The highest BCUT2D eigenvalue weighted by Gasteiger charge is 2.02. The van der Waals surface area contributed by atoms with Gasteiger partial charge in [0, 0.05) is 17.0 Å². The average Bonchev–Trinajstić information content (AvgIpc) is 2.36. The predicted octanol–water partition coefficient (Wildman–Crippen LogP) is 4.80. The monoisotopic (exact) mass is 284 g/mol. The van der Waals surface area contributed by atoms with Crippen LogP contribution in [-0.2, 0) is 12.5 Å². The lowest BCUT2D eigenvalue weighted by molar-refractivity contribution is 0.304. The van der Waals surface area contributed by atoms with Gasteiger partial charge in [-0.3, -0.25) is 0 Å². The van der Waals surface area contributed by atoms with Crippen molar-refractivity contribution in [1.82, 2.24) is 0 Å². The molecule has 0 aromatic heterocycles. The largest absolute Gasteiger partial charge is 0.489 e. The van der Waals surface area contributed by atoms with E-state index in [1.165, 1.54) is 12.1 Å². The Morgan fingerprint density at radius 3 is 2.61 bits per heavy atom. The normalized spacial score (nSPS) is 10.4. The quantitative estimate of drug-likeness (QED) is 0.733. The van der Waals surface area contributed by atoms with Crippen LogP contribution in [0, 0.1) is 5.82 Å². The minimum Gasteiger partial charge on any atom is -0.489 e. The molecule has 0 unspecified atom stereocenters. The zero-order valence-electron chi connectivity index (χ0n) is 9.50. The topological polar surface area (TPSA) is 9.23 Å². The Balaban J connectivity index is 2.08. The molecule has 2 rings (SSSR count). The van der Waals surface area contributed by atoms with Crippen molar-refractivity contribution in [2.24, 2.45) is 0 Å². The second-order valence-electron chi connectivity index (χ2n) is 3.85. The standard InChI is InChI=1S/C14H11Cl2FO/c15-8-11-5-13(17)7-14(6-11)18-9-10-2-1-3-12(16)4-10/h1-7H,8-9H2. The molecule has 0 aliphatic rings. The zero-order chi connectivity index (χ0) is 13.0. The third-order valence-corrected chi connectivity index (χ3v) is 2.92. The summed E-state index contributed by atoms with van der Waals surface area (Å²) in [6.07, 6.45) is 0. The molecule has 0 saturated heterocycles. The van der Waals surface area contributed by atoms with Gasteiger partial charge in [0.1, 0.15) is 18.2 Å². The van der Waals surface area contributed by atoms with Gasteiger partial charge >= 0.3 is 0 Å². The molecule has 94 valence electrons. The van der Waals surface area contributed by atoms with Crippen molar-refractivity contribution in [1.29, 1.82) is 0 Å². The molecule has 4 heteroatoms. The maximum Gasteiger partial charge on any atom is 0.127 e. The molecule has 0 amide bonds. The Morgan fingerprint density at radius 1 is 1.06 bits per heavy atom. The van der Waals surface area contributed by atoms with Crippen molar-refractivity contribution in [3.63, 3.8) is 0 Å². The zero-order valence-corrected chi connectivity index (χ0v) is 11.0. The van der Waals surface area contributed by atoms with Gasteiger partial charge in [-0.05, 0) is 35.4 Å². The van der Waals surface area contributed by atoms with Crippen LogP contribution < -0.4 is 4.74 Å². The van der Waals surface area contributed by atoms with Crippen molar-refractivity contribution in [3.8, 4) is 5.75 Å². The maximum atomic E-state index is 13.2. The van der Waals surface area contributed by atoms with E-state index in [1.807, 2.05) is 18.2 Å². The summed E-state index contributed by atoms with van der Waals surface area (Å²) in [5, 5.41) is 0.650. The summed E-state index contributed by atoms with van der Waals surface area (Å²) in [6.45, 7) is 0.339. The van der Waals surface area contributed by atoms with E-state index in [0.29, 0.717) is 22.9 Å². The molecule has 2 aromatic rings. The highest BCUT2D eigenvalue weighted by Crippen LogP contribution is 2.19. The summed E-state index contributed by atoms with van der Waals surface area (Å²) in [5.41, 5.74) is 1.62. The third kappa shape index (κ3) is 3.62. The van der Waals surface area contributed by atoms with Crippen LogP contribution >= 0.6 is 23.2 Å².